The number of thiophene rings is 1. The summed E-state index contributed by atoms with van der Waals surface area (Å²) in [4.78, 5) is 27.6. The molecule has 0 bridgehead atoms. The molecular weight excluding hydrogens is 248 g/mol. The van der Waals surface area contributed by atoms with Crippen molar-refractivity contribution in [3.63, 3.8) is 0 Å². The van der Waals surface area contributed by atoms with Gasteiger partial charge in [-0.05, 0) is 18.2 Å². The Morgan fingerprint density at radius 3 is 2.81 bits per heavy atom. The van der Waals surface area contributed by atoms with Crippen LogP contribution < -0.4 is 11.2 Å². The third kappa shape index (κ3) is 1.29. The minimum atomic E-state index is -0.493. The molecule has 4 nitrogen and oxygen atoms in total. The minimum absolute atomic E-state index is 0.365. The Balaban J connectivity index is 2.66. The summed E-state index contributed by atoms with van der Waals surface area (Å²) >= 11 is 7.18. The SMILES string of the molecule is O=c1[nH]c(=O)c2sc3cc(Cl)ccc3c2[nH]1. The topological polar surface area (TPSA) is 65.7 Å². The lowest BCUT2D eigenvalue weighted by atomic mass is 10.2. The summed E-state index contributed by atoms with van der Waals surface area (Å²) in [5.74, 6) is 0. The fraction of sp³-hybridized carbons (Fsp3) is 0. The lowest BCUT2D eigenvalue weighted by Gasteiger charge is -1.91. The van der Waals surface area contributed by atoms with E-state index in [-0.39, 0.29) is 5.56 Å². The molecule has 0 saturated heterocycles. The van der Waals surface area contributed by atoms with Crippen molar-refractivity contribution in [2.24, 2.45) is 0 Å². The fourth-order valence-corrected chi connectivity index (χ4v) is 2.99. The standard InChI is InChI=1S/C10H5ClN2O2S/c11-4-1-2-5-6(3-4)16-8-7(5)12-10(15)13-9(8)14/h1-3H,(H2,12,13,14,15). The molecule has 3 aromatic rings. The van der Waals surface area contributed by atoms with E-state index >= 15 is 0 Å². The quantitative estimate of drug-likeness (QED) is 0.643. The van der Waals surface area contributed by atoms with E-state index in [2.05, 4.69) is 9.97 Å². The van der Waals surface area contributed by atoms with E-state index in [0.29, 0.717) is 15.2 Å². The van der Waals surface area contributed by atoms with Crippen LogP contribution in [0.1, 0.15) is 0 Å². The monoisotopic (exact) mass is 252 g/mol. The van der Waals surface area contributed by atoms with Crippen LogP contribution in [0.25, 0.3) is 20.3 Å². The minimum Gasteiger partial charge on any atom is -0.305 e. The van der Waals surface area contributed by atoms with Crippen LogP contribution >= 0.6 is 22.9 Å². The van der Waals surface area contributed by atoms with Crippen molar-refractivity contribution in [3.05, 3.63) is 44.1 Å². The zero-order valence-corrected chi connectivity index (χ0v) is 9.41. The Bertz CT molecular complexity index is 815. The molecule has 0 unspecified atom stereocenters. The predicted octanol–water partition coefficient (Wildman–Crippen LogP) is 2.08. The van der Waals surface area contributed by atoms with Crippen molar-refractivity contribution in [3.8, 4) is 0 Å². The molecule has 2 aromatic heterocycles. The van der Waals surface area contributed by atoms with Crippen molar-refractivity contribution in [1.29, 1.82) is 0 Å². The lowest BCUT2D eigenvalue weighted by molar-refractivity contribution is 1.09. The first-order chi connectivity index (χ1) is 7.65. The van der Waals surface area contributed by atoms with E-state index < -0.39 is 5.69 Å². The average Bonchev–Trinajstić information content (AvgIpc) is 2.56. The highest BCUT2D eigenvalue weighted by Crippen LogP contribution is 2.31. The second-order valence-electron chi connectivity index (χ2n) is 3.35. The van der Waals surface area contributed by atoms with Crippen LogP contribution in [0, 0.1) is 0 Å². The van der Waals surface area contributed by atoms with E-state index in [1.54, 1.807) is 18.2 Å². The molecule has 0 amide bonds. The maximum absolute atomic E-state index is 11.6. The van der Waals surface area contributed by atoms with Gasteiger partial charge in [-0.2, -0.15) is 0 Å². The molecule has 0 fully saturated rings. The number of nitrogens with one attached hydrogen (secondary N) is 2. The Hall–Kier alpha value is -1.59. The summed E-state index contributed by atoms with van der Waals surface area (Å²) in [5, 5.41) is 1.45. The van der Waals surface area contributed by atoms with E-state index in [9.17, 15) is 9.59 Å². The molecular formula is C10H5ClN2O2S. The second-order valence-corrected chi connectivity index (χ2v) is 4.84. The van der Waals surface area contributed by atoms with Gasteiger partial charge in [-0.3, -0.25) is 9.78 Å². The summed E-state index contributed by atoms with van der Waals surface area (Å²) in [6.45, 7) is 0. The summed E-state index contributed by atoms with van der Waals surface area (Å²) in [6.07, 6.45) is 0. The fourth-order valence-electron chi connectivity index (χ4n) is 1.66. The summed E-state index contributed by atoms with van der Waals surface area (Å²) < 4.78 is 1.40. The number of rotatable bonds is 0. The van der Waals surface area contributed by atoms with Crippen molar-refractivity contribution in [2.45, 2.75) is 0 Å². The van der Waals surface area contributed by atoms with Crippen molar-refractivity contribution < 1.29 is 0 Å². The number of halogens is 1. The summed E-state index contributed by atoms with van der Waals surface area (Å²) in [6, 6.07) is 5.31. The van der Waals surface area contributed by atoms with Crippen LogP contribution in [0.5, 0.6) is 0 Å². The Morgan fingerprint density at radius 2 is 2.00 bits per heavy atom. The van der Waals surface area contributed by atoms with E-state index in [1.165, 1.54) is 11.3 Å². The lowest BCUT2D eigenvalue weighted by Crippen LogP contribution is -2.20. The van der Waals surface area contributed by atoms with Crippen LogP contribution in [-0.4, -0.2) is 9.97 Å². The van der Waals surface area contributed by atoms with Gasteiger partial charge in [0.1, 0.15) is 4.70 Å². The predicted molar refractivity (Wildman–Crippen MR) is 65.6 cm³/mol. The van der Waals surface area contributed by atoms with Crippen LogP contribution in [0.15, 0.2) is 27.8 Å². The maximum Gasteiger partial charge on any atom is 0.326 e. The molecule has 6 heteroatoms. The van der Waals surface area contributed by atoms with Gasteiger partial charge >= 0.3 is 5.69 Å². The molecule has 0 aliphatic rings. The summed E-state index contributed by atoms with van der Waals surface area (Å²) in [5.41, 5.74) is -0.284. The van der Waals surface area contributed by atoms with Gasteiger partial charge in [0.05, 0.1) is 5.52 Å². The zero-order chi connectivity index (χ0) is 11.3. The molecule has 1 aromatic carbocycles. The van der Waals surface area contributed by atoms with Crippen molar-refractivity contribution in [2.75, 3.05) is 0 Å². The van der Waals surface area contributed by atoms with E-state index in [4.69, 9.17) is 11.6 Å². The van der Waals surface area contributed by atoms with Gasteiger partial charge in [0, 0.05) is 15.1 Å². The molecule has 0 aliphatic heterocycles. The van der Waals surface area contributed by atoms with Gasteiger partial charge in [-0.25, -0.2) is 4.79 Å². The molecule has 2 N–H and O–H groups in total. The normalized spacial score (nSPS) is 11.3. The molecule has 3 rings (SSSR count). The number of aromatic nitrogens is 2. The largest absolute Gasteiger partial charge is 0.326 e. The molecule has 0 saturated carbocycles. The number of fused-ring (bicyclic) bond motifs is 3. The molecule has 0 aliphatic carbocycles. The zero-order valence-electron chi connectivity index (χ0n) is 7.83. The number of aromatic amines is 2. The van der Waals surface area contributed by atoms with E-state index in [1.807, 2.05) is 0 Å². The third-order valence-corrected chi connectivity index (χ3v) is 3.71. The highest BCUT2D eigenvalue weighted by Gasteiger charge is 2.09. The highest BCUT2D eigenvalue weighted by molar-refractivity contribution is 7.25. The van der Waals surface area contributed by atoms with Crippen LogP contribution in [-0.2, 0) is 0 Å². The number of H-pyrrole nitrogens is 2. The number of hydrogen-bond acceptors (Lipinski definition) is 3. The van der Waals surface area contributed by atoms with Gasteiger partial charge in [0.15, 0.2) is 0 Å². The average molecular weight is 253 g/mol. The third-order valence-electron chi connectivity index (χ3n) is 2.32. The first-order valence-corrected chi connectivity index (χ1v) is 5.69. The first kappa shape index (κ1) is 9.62. The maximum atomic E-state index is 11.6. The molecule has 0 spiro atoms. The smallest absolute Gasteiger partial charge is 0.305 e. The van der Waals surface area contributed by atoms with Gasteiger partial charge in [-0.15, -0.1) is 11.3 Å². The summed E-state index contributed by atoms with van der Waals surface area (Å²) in [7, 11) is 0. The van der Waals surface area contributed by atoms with Gasteiger partial charge in [0.25, 0.3) is 5.56 Å². The second kappa shape index (κ2) is 3.20. The highest BCUT2D eigenvalue weighted by atomic mass is 35.5. The van der Waals surface area contributed by atoms with Crippen molar-refractivity contribution in [1.82, 2.24) is 9.97 Å². The van der Waals surface area contributed by atoms with Crippen molar-refractivity contribution >= 4 is 43.2 Å². The molecule has 16 heavy (non-hydrogen) atoms. The van der Waals surface area contributed by atoms with Gasteiger partial charge in [0.2, 0.25) is 0 Å². The number of hydrogen-bond donors (Lipinski definition) is 2. The Labute approximate surface area is 97.5 Å². The Kier molecular flexibility index (Phi) is 1.92. The number of benzene rings is 1. The van der Waals surface area contributed by atoms with Crippen LogP contribution in [0.4, 0.5) is 0 Å². The van der Waals surface area contributed by atoms with Crippen LogP contribution in [0.2, 0.25) is 5.02 Å². The molecule has 0 radical (unpaired) electrons. The Morgan fingerprint density at radius 1 is 1.19 bits per heavy atom. The molecule has 0 atom stereocenters. The molecule has 2 heterocycles. The van der Waals surface area contributed by atoms with Gasteiger partial charge < -0.3 is 4.98 Å². The molecule has 80 valence electrons. The van der Waals surface area contributed by atoms with Crippen LogP contribution in [0.3, 0.4) is 0 Å². The van der Waals surface area contributed by atoms with Gasteiger partial charge in [-0.1, -0.05) is 11.6 Å². The van der Waals surface area contributed by atoms with E-state index in [0.717, 1.165) is 10.1 Å². The first-order valence-electron chi connectivity index (χ1n) is 4.49.